The lowest BCUT2D eigenvalue weighted by Gasteiger charge is -2.32. The number of carboxylic acid groups (broad SMARTS) is 2. The highest BCUT2D eigenvalue weighted by Crippen LogP contribution is 2.28. The van der Waals surface area contributed by atoms with E-state index >= 15 is 0 Å². The van der Waals surface area contributed by atoms with Crippen LogP contribution in [0.5, 0.6) is 0 Å². The second-order valence-corrected chi connectivity index (χ2v) is 7.44. The summed E-state index contributed by atoms with van der Waals surface area (Å²) in [5, 5.41) is 24.8. The Balaban J connectivity index is 1.68. The molecular weight excluding hydrogens is 360 g/mol. The quantitative estimate of drug-likeness (QED) is 0.305. The van der Waals surface area contributed by atoms with Gasteiger partial charge in [-0.25, -0.2) is 4.79 Å². The van der Waals surface area contributed by atoms with E-state index in [1.54, 1.807) is 12.1 Å². The zero-order valence-electron chi connectivity index (χ0n) is 13.8. The van der Waals surface area contributed by atoms with Gasteiger partial charge in [0.1, 0.15) is 0 Å². The molecule has 1 aliphatic carbocycles. The highest BCUT2D eigenvalue weighted by molar-refractivity contribution is 7.81. The standard InChI is InChI=1S/C17H24N2O4S2/c20-16(21)10-2-4-12(14(24)8-10)18-6-1-7-19-13-5-3-11(17(22)23)9-15(13)25/h2,4,8,11,13,15,18-19,24-25H,1,3,5-7,9H2,(H,20,21)(H,22,23). The molecule has 1 aliphatic rings. The van der Waals surface area contributed by atoms with Crippen molar-refractivity contribution in [2.24, 2.45) is 5.92 Å². The molecule has 0 radical (unpaired) electrons. The summed E-state index contributed by atoms with van der Waals surface area (Å²) < 4.78 is 0. The van der Waals surface area contributed by atoms with Crippen LogP contribution in [0.2, 0.25) is 0 Å². The molecule has 2 rings (SSSR count). The Labute approximate surface area is 158 Å². The number of nitrogens with one attached hydrogen (secondary N) is 2. The van der Waals surface area contributed by atoms with E-state index < -0.39 is 11.9 Å². The van der Waals surface area contributed by atoms with Crippen LogP contribution >= 0.6 is 25.3 Å². The average molecular weight is 385 g/mol. The van der Waals surface area contributed by atoms with Crippen LogP contribution in [0.15, 0.2) is 23.1 Å². The van der Waals surface area contributed by atoms with Crippen molar-refractivity contribution in [1.82, 2.24) is 5.32 Å². The van der Waals surface area contributed by atoms with Crippen molar-refractivity contribution in [2.75, 3.05) is 18.4 Å². The van der Waals surface area contributed by atoms with Crippen LogP contribution in [0.25, 0.3) is 0 Å². The molecule has 0 aromatic heterocycles. The molecule has 0 spiro atoms. The lowest BCUT2D eigenvalue weighted by Crippen LogP contribution is -2.43. The Morgan fingerprint density at radius 2 is 1.96 bits per heavy atom. The summed E-state index contributed by atoms with van der Waals surface area (Å²) in [7, 11) is 0. The number of anilines is 1. The lowest BCUT2D eigenvalue weighted by molar-refractivity contribution is -0.142. The van der Waals surface area contributed by atoms with E-state index in [0.29, 0.717) is 17.7 Å². The van der Waals surface area contributed by atoms with Gasteiger partial charge < -0.3 is 20.8 Å². The maximum atomic E-state index is 11.0. The molecule has 0 bridgehead atoms. The molecule has 3 atom stereocenters. The minimum absolute atomic E-state index is 0.0652. The van der Waals surface area contributed by atoms with Gasteiger partial charge in [-0.15, -0.1) is 12.6 Å². The zero-order valence-corrected chi connectivity index (χ0v) is 15.6. The third-order valence-corrected chi connectivity index (χ3v) is 5.43. The summed E-state index contributed by atoms with van der Waals surface area (Å²) in [5.41, 5.74) is 1.02. The highest BCUT2D eigenvalue weighted by Gasteiger charge is 2.31. The van der Waals surface area contributed by atoms with Crippen molar-refractivity contribution in [3.8, 4) is 0 Å². The smallest absolute Gasteiger partial charge is 0.335 e. The maximum absolute atomic E-state index is 11.0. The summed E-state index contributed by atoms with van der Waals surface area (Å²) >= 11 is 8.84. The van der Waals surface area contributed by atoms with E-state index in [1.807, 2.05) is 0 Å². The second kappa shape index (κ2) is 9.35. The average Bonchev–Trinajstić information content (AvgIpc) is 2.56. The summed E-state index contributed by atoms with van der Waals surface area (Å²) in [5.74, 6) is -1.96. The van der Waals surface area contributed by atoms with Crippen molar-refractivity contribution >= 4 is 42.9 Å². The zero-order chi connectivity index (χ0) is 18.4. The monoisotopic (exact) mass is 384 g/mol. The van der Waals surface area contributed by atoms with Crippen LogP contribution in [-0.4, -0.2) is 46.5 Å². The van der Waals surface area contributed by atoms with Crippen molar-refractivity contribution in [3.63, 3.8) is 0 Å². The van der Waals surface area contributed by atoms with Crippen LogP contribution in [0.4, 0.5) is 5.69 Å². The third-order valence-electron chi connectivity index (χ3n) is 4.49. The topological polar surface area (TPSA) is 98.7 Å². The molecular formula is C17H24N2O4S2. The largest absolute Gasteiger partial charge is 0.481 e. The van der Waals surface area contributed by atoms with E-state index in [2.05, 4.69) is 35.9 Å². The number of hydrogen-bond donors (Lipinski definition) is 6. The first-order chi connectivity index (χ1) is 11.9. The van der Waals surface area contributed by atoms with Gasteiger partial charge in [0.15, 0.2) is 0 Å². The van der Waals surface area contributed by atoms with Gasteiger partial charge in [-0.3, -0.25) is 4.79 Å². The van der Waals surface area contributed by atoms with Crippen LogP contribution in [0, 0.1) is 5.92 Å². The fourth-order valence-electron chi connectivity index (χ4n) is 3.02. The molecule has 1 fully saturated rings. The number of aromatic carboxylic acids is 1. The summed E-state index contributed by atoms with van der Waals surface area (Å²) in [6.45, 7) is 1.54. The summed E-state index contributed by atoms with van der Waals surface area (Å²) in [6.07, 6.45) is 3.01. The Bertz CT molecular complexity index is 627. The van der Waals surface area contributed by atoms with Crippen molar-refractivity contribution in [3.05, 3.63) is 23.8 Å². The van der Waals surface area contributed by atoms with Crippen LogP contribution in [0.1, 0.15) is 36.0 Å². The maximum Gasteiger partial charge on any atom is 0.335 e. The minimum atomic E-state index is -0.968. The molecule has 4 N–H and O–H groups in total. The van der Waals surface area contributed by atoms with Crippen molar-refractivity contribution in [1.29, 1.82) is 0 Å². The van der Waals surface area contributed by atoms with Gasteiger partial charge >= 0.3 is 11.9 Å². The van der Waals surface area contributed by atoms with E-state index in [4.69, 9.17) is 10.2 Å². The second-order valence-electron chi connectivity index (χ2n) is 6.29. The van der Waals surface area contributed by atoms with Gasteiger partial charge in [0.2, 0.25) is 0 Å². The Morgan fingerprint density at radius 3 is 2.56 bits per heavy atom. The first-order valence-corrected chi connectivity index (χ1v) is 9.29. The Morgan fingerprint density at radius 1 is 1.20 bits per heavy atom. The van der Waals surface area contributed by atoms with E-state index in [1.165, 1.54) is 6.07 Å². The third kappa shape index (κ3) is 5.83. The fraction of sp³-hybridized carbons (Fsp3) is 0.529. The number of carboxylic acids is 2. The molecule has 0 saturated heterocycles. The number of carbonyl (C=O) groups is 2. The van der Waals surface area contributed by atoms with Gasteiger partial charge in [0.05, 0.1) is 11.5 Å². The molecule has 1 saturated carbocycles. The minimum Gasteiger partial charge on any atom is -0.481 e. The Kier molecular flexibility index (Phi) is 7.46. The predicted molar refractivity (Wildman–Crippen MR) is 103 cm³/mol. The van der Waals surface area contributed by atoms with Gasteiger partial charge in [-0.05, 0) is 50.4 Å². The van der Waals surface area contributed by atoms with Gasteiger partial charge in [0.25, 0.3) is 0 Å². The normalized spacial score (nSPS) is 23.2. The number of aliphatic carboxylic acids is 1. The molecule has 0 heterocycles. The summed E-state index contributed by atoms with van der Waals surface area (Å²) in [6, 6.07) is 5.04. The molecule has 1 aromatic rings. The SMILES string of the molecule is O=C(O)c1ccc(NCCCNC2CCC(C(=O)O)CC2S)c(S)c1. The molecule has 0 aliphatic heterocycles. The molecule has 25 heavy (non-hydrogen) atoms. The number of rotatable bonds is 8. The van der Waals surface area contributed by atoms with Crippen LogP contribution in [0.3, 0.4) is 0 Å². The Hall–Kier alpha value is -1.38. The first kappa shape index (κ1) is 19.9. The molecule has 6 nitrogen and oxygen atoms in total. The predicted octanol–water partition coefficient (Wildman–Crippen LogP) is 2.62. The summed E-state index contributed by atoms with van der Waals surface area (Å²) in [4.78, 5) is 22.5. The fourth-order valence-corrected chi connectivity index (χ4v) is 3.82. The highest BCUT2D eigenvalue weighted by atomic mass is 32.1. The molecule has 0 amide bonds. The van der Waals surface area contributed by atoms with E-state index in [0.717, 1.165) is 31.6 Å². The van der Waals surface area contributed by atoms with E-state index in [9.17, 15) is 9.59 Å². The van der Waals surface area contributed by atoms with Gasteiger partial charge in [-0.1, -0.05) is 0 Å². The number of benzene rings is 1. The van der Waals surface area contributed by atoms with Crippen LogP contribution in [-0.2, 0) is 4.79 Å². The molecule has 8 heteroatoms. The van der Waals surface area contributed by atoms with Crippen molar-refractivity contribution < 1.29 is 19.8 Å². The molecule has 138 valence electrons. The first-order valence-electron chi connectivity index (χ1n) is 8.33. The lowest BCUT2D eigenvalue weighted by atomic mass is 9.85. The van der Waals surface area contributed by atoms with Crippen LogP contribution < -0.4 is 10.6 Å². The van der Waals surface area contributed by atoms with E-state index in [-0.39, 0.29) is 22.8 Å². The molecule has 3 unspecified atom stereocenters. The molecule has 1 aromatic carbocycles. The van der Waals surface area contributed by atoms with Crippen molar-refractivity contribution in [2.45, 2.75) is 41.9 Å². The van der Waals surface area contributed by atoms with Gasteiger partial charge in [-0.2, -0.15) is 12.6 Å². The van der Waals surface area contributed by atoms with Gasteiger partial charge in [0, 0.05) is 28.4 Å². The number of hydrogen-bond acceptors (Lipinski definition) is 6. The number of thiol groups is 2.